The molecule has 0 fully saturated rings. The molecule has 0 unspecified atom stereocenters. The molecule has 0 spiro atoms. The Bertz CT molecular complexity index is 1100. The van der Waals surface area contributed by atoms with Crippen molar-refractivity contribution in [3.63, 3.8) is 0 Å². The highest BCUT2D eigenvalue weighted by atomic mass is 79.9. The van der Waals surface area contributed by atoms with E-state index in [0.29, 0.717) is 0 Å². The molecular formula is C23H20BrN3S. The molecule has 28 heavy (non-hydrogen) atoms. The molecule has 3 nitrogen and oxygen atoms in total. The van der Waals surface area contributed by atoms with Gasteiger partial charge in [0.15, 0.2) is 11.0 Å². The maximum atomic E-state index is 4.54. The Kier molecular flexibility index (Phi) is 5.64. The van der Waals surface area contributed by atoms with Crippen LogP contribution in [0.3, 0.4) is 0 Å². The number of halogens is 1. The molecule has 140 valence electrons. The minimum atomic E-state index is 0.831. The van der Waals surface area contributed by atoms with E-state index >= 15 is 0 Å². The summed E-state index contributed by atoms with van der Waals surface area (Å²) in [6.45, 7) is 4.19. The predicted octanol–water partition coefficient (Wildman–Crippen LogP) is 6.61. The van der Waals surface area contributed by atoms with Crippen molar-refractivity contribution in [1.82, 2.24) is 14.8 Å². The maximum absolute atomic E-state index is 4.54. The summed E-state index contributed by atoms with van der Waals surface area (Å²) >= 11 is 5.24. The normalized spacial score (nSPS) is 11.0. The van der Waals surface area contributed by atoms with E-state index in [1.807, 2.05) is 6.07 Å². The second-order valence-corrected chi connectivity index (χ2v) is 8.62. The summed E-state index contributed by atoms with van der Waals surface area (Å²) in [5.74, 6) is 1.70. The number of nitrogens with zero attached hydrogens (tertiary/aromatic N) is 3. The van der Waals surface area contributed by atoms with Crippen molar-refractivity contribution in [2.75, 3.05) is 0 Å². The van der Waals surface area contributed by atoms with Crippen molar-refractivity contribution in [3.8, 4) is 17.1 Å². The molecule has 0 amide bonds. The van der Waals surface area contributed by atoms with Crippen LogP contribution in [0.5, 0.6) is 0 Å². The van der Waals surface area contributed by atoms with Gasteiger partial charge in [-0.1, -0.05) is 81.3 Å². The molecule has 0 aliphatic carbocycles. The quantitative estimate of drug-likeness (QED) is 0.321. The number of benzene rings is 3. The lowest BCUT2D eigenvalue weighted by molar-refractivity contribution is 0.885. The Morgan fingerprint density at radius 3 is 2.39 bits per heavy atom. The van der Waals surface area contributed by atoms with Crippen LogP contribution in [-0.4, -0.2) is 14.8 Å². The van der Waals surface area contributed by atoms with E-state index in [4.69, 9.17) is 0 Å². The highest BCUT2D eigenvalue weighted by molar-refractivity contribution is 9.10. The summed E-state index contributed by atoms with van der Waals surface area (Å²) in [5, 5.41) is 9.95. The van der Waals surface area contributed by atoms with E-state index in [9.17, 15) is 0 Å². The molecule has 5 heteroatoms. The largest absolute Gasteiger partial charge is 0.270 e. The van der Waals surface area contributed by atoms with E-state index in [-0.39, 0.29) is 0 Å². The van der Waals surface area contributed by atoms with Gasteiger partial charge in [-0.15, -0.1) is 10.2 Å². The number of hydrogen-bond acceptors (Lipinski definition) is 3. The molecule has 0 saturated heterocycles. The van der Waals surface area contributed by atoms with Gasteiger partial charge in [0, 0.05) is 21.5 Å². The molecule has 4 aromatic rings. The monoisotopic (exact) mass is 449 g/mol. The molecule has 4 rings (SSSR count). The minimum Gasteiger partial charge on any atom is -0.270 e. The Balaban J connectivity index is 1.74. The van der Waals surface area contributed by atoms with Gasteiger partial charge in [-0.2, -0.15) is 0 Å². The molecular weight excluding hydrogens is 430 g/mol. The van der Waals surface area contributed by atoms with Crippen LogP contribution in [-0.2, 0) is 5.75 Å². The summed E-state index contributed by atoms with van der Waals surface area (Å²) in [7, 11) is 0. The molecule has 0 bridgehead atoms. The predicted molar refractivity (Wildman–Crippen MR) is 120 cm³/mol. The van der Waals surface area contributed by atoms with Crippen LogP contribution >= 0.6 is 27.7 Å². The van der Waals surface area contributed by atoms with Crippen molar-refractivity contribution in [2.24, 2.45) is 0 Å². The molecule has 0 aliphatic heterocycles. The van der Waals surface area contributed by atoms with Gasteiger partial charge in [0.2, 0.25) is 0 Å². The van der Waals surface area contributed by atoms with Crippen molar-refractivity contribution >= 4 is 27.7 Å². The van der Waals surface area contributed by atoms with Gasteiger partial charge in [-0.3, -0.25) is 4.57 Å². The molecule has 0 saturated carbocycles. The van der Waals surface area contributed by atoms with Gasteiger partial charge < -0.3 is 0 Å². The Morgan fingerprint density at radius 1 is 0.857 bits per heavy atom. The van der Waals surface area contributed by atoms with Gasteiger partial charge in [-0.05, 0) is 49.7 Å². The van der Waals surface area contributed by atoms with Crippen molar-refractivity contribution in [2.45, 2.75) is 24.8 Å². The second kappa shape index (κ2) is 8.33. The molecule has 0 radical (unpaired) electrons. The lowest BCUT2D eigenvalue weighted by atomic mass is 10.1. The average molecular weight is 450 g/mol. The van der Waals surface area contributed by atoms with Crippen molar-refractivity contribution in [3.05, 3.63) is 94.0 Å². The van der Waals surface area contributed by atoms with E-state index in [2.05, 4.69) is 111 Å². The number of aryl methyl sites for hydroxylation is 2. The fourth-order valence-corrected chi connectivity index (χ4v) is 4.38. The first-order valence-corrected chi connectivity index (χ1v) is 10.8. The second-order valence-electron chi connectivity index (χ2n) is 6.77. The van der Waals surface area contributed by atoms with E-state index in [0.717, 1.165) is 32.5 Å². The molecule has 1 aromatic heterocycles. The van der Waals surface area contributed by atoms with Crippen LogP contribution < -0.4 is 0 Å². The van der Waals surface area contributed by atoms with Gasteiger partial charge in [0.05, 0.1) is 0 Å². The van der Waals surface area contributed by atoms with Crippen molar-refractivity contribution < 1.29 is 0 Å². The van der Waals surface area contributed by atoms with Crippen LogP contribution in [0.4, 0.5) is 0 Å². The number of aromatic nitrogens is 3. The molecule has 0 atom stereocenters. The first-order valence-electron chi connectivity index (χ1n) is 9.07. The van der Waals surface area contributed by atoms with Gasteiger partial charge >= 0.3 is 0 Å². The van der Waals surface area contributed by atoms with Gasteiger partial charge in [0.1, 0.15) is 0 Å². The summed E-state index contributed by atoms with van der Waals surface area (Å²) in [6, 6.07) is 25.3. The van der Waals surface area contributed by atoms with Crippen LogP contribution in [0, 0.1) is 13.8 Å². The third-order valence-corrected chi connectivity index (χ3v) is 5.95. The number of hydrogen-bond donors (Lipinski definition) is 0. The van der Waals surface area contributed by atoms with Crippen LogP contribution in [0.15, 0.2) is 82.4 Å². The van der Waals surface area contributed by atoms with Crippen LogP contribution in [0.2, 0.25) is 0 Å². The smallest absolute Gasteiger partial charge is 0.196 e. The Hall–Kier alpha value is -2.37. The Morgan fingerprint density at radius 2 is 1.64 bits per heavy atom. The van der Waals surface area contributed by atoms with Crippen LogP contribution in [0.25, 0.3) is 17.1 Å². The summed E-state index contributed by atoms with van der Waals surface area (Å²) in [5.41, 5.74) is 5.83. The van der Waals surface area contributed by atoms with E-state index in [1.165, 1.54) is 16.7 Å². The first kappa shape index (κ1) is 19.0. The molecule has 3 aromatic carbocycles. The average Bonchev–Trinajstić information content (AvgIpc) is 3.11. The zero-order chi connectivity index (χ0) is 19.5. The van der Waals surface area contributed by atoms with Gasteiger partial charge in [0.25, 0.3) is 0 Å². The highest BCUT2D eigenvalue weighted by Gasteiger charge is 2.16. The fraction of sp³-hybridized carbons (Fsp3) is 0.130. The minimum absolute atomic E-state index is 0.831. The zero-order valence-corrected chi connectivity index (χ0v) is 18.2. The third-order valence-electron chi connectivity index (χ3n) is 4.46. The topological polar surface area (TPSA) is 30.7 Å². The number of thioether (sulfide) groups is 1. The SMILES string of the molecule is Cc1ccc(-n2c(SCc3cccc(Br)c3)nnc2-c2cccc(C)c2)cc1. The van der Waals surface area contributed by atoms with E-state index < -0.39 is 0 Å². The van der Waals surface area contributed by atoms with Crippen molar-refractivity contribution in [1.29, 1.82) is 0 Å². The van der Waals surface area contributed by atoms with Gasteiger partial charge in [-0.25, -0.2) is 0 Å². The lowest BCUT2D eigenvalue weighted by Gasteiger charge is -2.11. The van der Waals surface area contributed by atoms with Crippen LogP contribution in [0.1, 0.15) is 16.7 Å². The molecule has 0 aliphatic rings. The highest BCUT2D eigenvalue weighted by Crippen LogP contribution is 2.30. The maximum Gasteiger partial charge on any atom is 0.196 e. The standard InChI is InChI=1S/C23H20BrN3S/c1-16-9-11-21(12-10-16)27-22(19-7-3-5-17(2)13-19)25-26-23(27)28-15-18-6-4-8-20(24)14-18/h3-14H,15H2,1-2H3. The third kappa shape index (κ3) is 4.21. The number of rotatable bonds is 5. The van der Waals surface area contributed by atoms with E-state index in [1.54, 1.807) is 11.8 Å². The summed E-state index contributed by atoms with van der Waals surface area (Å²) < 4.78 is 3.24. The summed E-state index contributed by atoms with van der Waals surface area (Å²) in [6.07, 6.45) is 0. The lowest BCUT2D eigenvalue weighted by Crippen LogP contribution is -2.00. The Labute approximate surface area is 178 Å². The molecule has 1 heterocycles. The zero-order valence-electron chi connectivity index (χ0n) is 15.8. The first-order chi connectivity index (χ1) is 13.6. The summed E-state index contributed by atoms with van der Waals surface area (Å²) in [4.78, 5) is 0. The molecule has 0 N–H and O–H groups in total. The fourth-order valence-electron chi connectivity index (χ4n) is 3.04.